The highest BCUT2D eigenvalue weighted by Gasteiger charge is 2.37. The van der Waals surface area contributed by atoms with Crippen molar-refractivity contribution in [3.63, 3.8) is 0 Å². The van der Waals surface area contributed by atoms with E-state index in [0.717, 1.165) is 24.0 Å². The zero-order chi connectivity index (χ0) is 29.9. The SMILES string of the molecule is CC1(C)CCN(c2c(-c3ccc(OCCc4ccc(F)cc4)cc3)c(N)nc(Cl)c2[C@H](OC(C)(C)C)C(=O)O)CC1. The van der Waals surface area contributed by atoms with E-state index >= 15 is 0 Å². The third kappa shape index (κ3) is 7.68. The minimum Gasteiger partial charge on any atom is -0.493 e. The average Bonchev–Trinajstić information content (AvgIpc) is 2.88. The number of hydrogen-bond donors (Lipinski definition) is 2. The minimum absolute atomic E-state index is 0.0171. The number of rotatable bonds is 9. The van der Waals surface area contributed by atoms with Gasteiger partial charge >= 0.3 is 5.97 Å². The fourth-order valence-electron chi connectivity index (χ4n) is 5.00. The highest BCUT2D eigenvalue weighted by atomic mass is 35.5. The van der Waals surface area contributed by atoms with Gasteiger partial charge < -0.3 is 25.2 Å². The fourth-order valence-corrected chi connectivity index (χ4v) is 5.28. The summed E-state index contributed by atoms with van der Waals surface area (Å²) in [5, 5.41) is 10.3. The van der Waals surface area contributed by atoms with E-state index in [2.05, 4.69) is 23.7 Å². The first-order valence-corrected chi connectivity index (χ1v) is 14.2. The number of carboxylic acids is 1. The monoisotopic (exact) mass is 583 g/mol. The number of hydrogen-bond acceptors (Lipinski definition) is 6. The molecule has 9 heteroatoms. The zero-order valence-corrected chi connectivity index (χ0v) is 25.1. The maximum Gasteiger partial charge on any atom is 0.337 e. The van der Waals surface area contributed by atoms with Gasteiger partial charge in [-0.05, 0) is 74.4 Å². The summed E-state index contributed by atoms with van der Waals surface area (Å²) >= 11 is 6.68. The quantitative estimate of drug-likeness (QED) is 0.255. The highest BCUT2D eigenvalue weighted by molar-refractivity contribution is 6.31. The van der Waals surface area contributed by atoms with E-state index in [0.29, 0.717) is 48.7 Å². The molecule has 41 heavy (non-hydrogen) atoms. The first-order valence-electron chi connectivity index (χ1n) is 13.9. The summed E-state index contributed by atoms with van der Waals surface area (Å²) in [6.07, 6.45) is 1.14. The lowest BCUT2D eigenvalue weighted by Gasteiger charge is -2.41. The van der Waals surface area contributed by atoms with Crippen molar-refractivity contribution < 1.29 is 23.8 Å². The first-order chi connectivity index (χ1) is 19.2. The summed E-state index contributed by atoms with van der Waals surface area (Å²) < 4.78 is 25.1. The Kier molecular flexibility index (Phi) is 9.14. The van der Waals surface area contributed by atoms with E-state index in [1.807, 2.05) is 24.3 Å². The third-order valence-corrected chi connectivity index (χ3v) is 7.58. The molecule has 1 aliphatic rings. The Morgan fingerprint density at radius 3 is 2.29 bits per heavy atom. The van der Waals surface area contributed by atoms with Crippen LogP contribution in [0.5, 0.6) is 5.75 Å². The molecule has 4 rings (SSSR count). The topological polar surface area (TPSA) is 97.9 Å². The summed E-state index contributed by atoms with van der Waals surface area (Å²) in [6, 6.07) is 13.8. The lowest BCUT2D eigenvalue weighted by Crippen LogP contribution is -2.39. The normalized spacial score (nSPS) is 15.9. The van der Waals surface area contributed by atoms with E-state index in [4.69, 9.17) is 26.8 Å². The van der Waals surface area contributed by atoms with Gasteiger partial charge in [0.1, 0.15) is 22.5 Å². The number of nitrogens with two attached hydrogens (primary N) is 1. The van der Waals surface area contributed by atoms with Crippen LogP contribution in [-0.2, 0) is 16.0 Å². The number of nitrogen functional groups attached to an aromatic ring is 1. The van der Waals surface area contributed by atoms with Gasteiger partial charge in [-0.1, -0.05) is 49.7 Å². The molecule has 0 saturated carbocycles. The fraction of sp³-hybridized carbons (Fsp3) is 0.438. The molecule has 2 heterocycles. The standard InChI is InChI=1S/C32H39ClFN3O4/c1-31(2,3)41-27(30(38)39)25-26(37-17-15-32(4,5)16-18-37)24(29(35)36-28(25)33)21-8-12-23(13-9-21)40-19-14-20-6-10-22(34)11-7-20/h6-13,27H,14-19H2,1-5H3,(H2,35,36)(H,38,39)/t27-/m0/s1. The van der Waals surface area contributed by atoms with Gasteiger partial charge in [-0.3, -0.25) is 0 Å². The molecular weight excluding hydrogens is 545 g/mol. The van der Waals surface area contributed by atoms with E-state index in [9.17, 15) is 14.3 Å². The average molecular weight is 584 g/mol. The molecule has 0 bridgehead atoms. The van der Waals surface area contributed by atoms with E-state index in [1.165, 1.54) is 12.1 Å². The van der Waals surface area contributed by atoms with Crippen LogP contribution in [0.2, 0.25) is 5.15 Å². The molecule has 0 aliphatic carbocycles. The third-order valence-electron chi connectivity index (χ3n) is 7.30. The van der Waals surface area contributed by atoms with Crippen molar-refractivity contribution in [1.29, 1.82) is 0 Å². The number of carbonyl (C=O) groups is 1. The number of aliphatic carboxylic acids is 1. The summed E-state index contributed by atoms with van der Waals surface area (Å²) in [5.74, 6) is -0.541. The molecule has 1 atom stereocenters. The maximum absolute atomic E-state index is 13.2. The van der Waals surface area contributed by atoms with E-state index in [-0.39, 0.29) is 22.2 Å². The molecule has 0 radical (unpaired) electrons. The lowest BCUT2D eigenvalue weighted by atomic mass is 9.82. The van der Waals surface area contributed by atoms with Crippen LogP contribution in [0.15, 0.2) is 48.5 Å². The van der Waals surface area contributed by atoms with Gasteiger partial charge in [0.2, 0.25) is 0 Å². The second-order valence-corrected chi connectivity index (χ2v) is 12.6. The number of carboxylic acid groups (broad SMARTS) is 1. The van der Waals surface area contributed by atoms with Gasteiger partial charge in [0.05, 0.1) is 23.5 Å². The van der Waals surface area contributed by atoms with Crippen molar-refractivity contribution in [2.75, 3.05) is 30.3 Å². The molecule has 0 spiro atoms. The summed E-state index contributed by atoms with van der Waals surface area (Å²) in [5.41, 5.74) is 9.23. The molecule has 1 aliphatic heterocycles. The van der Waals surface area contributed by atoms with Crippen molar-refractivity contribution in [2.45, 2.75) is 65.6 Å². The first kappa shape index (κ1) is 30.6. The molecule has 3 N–H and O–H groups in total. The molecule has 1 aromatic heterocycles. The summed E-state index contributed by atoms with van der Waals surface area (Å²) in [7, 11) is 0. The number of halogens is 2. The van der Waals surface area contributed by atoms with Crippen LogP contribution in [0.4, 0.5) is 15.9 Å². The van der Waals surface area contributed by atoms with Gasteiger partial charge in [-0.15, -0.1) is 0 Å². The number of nitrogens with zero attached hydrogens (tertiary/aromatic N) is 2. The van der Waals surface area contributed by atoms with E-state index in [1.54, 1.807) is 32.9 Å². The van der Waals surface area contributed by atoms with Crippen molar-refractivity contribution in [3.05, 3.63) is 70.6 Å². The molecule has 7 nitrogen and oxygen atoms in total. The molecule has 1 saturated heterocycles. The van der Waals surface area contributed by atoms with Gasteiger partial charge in [-0.2, -0.15) is 0 Å². The molecular formula is C32H39ClFN3O4. The van der Waals surface area contributed by atoms with Crippen LogP contribution in [0.1, 0.15) is 64.7 Å². The lowest BCUT2D eigenvalue weighted by molar-refractivity contribution is -0.160. The summed E-state index contributed by atoms with van der Waals surface area (Å²) in [4.78, 5) is 19.1. The Labute approximate surface area is 246 Å². The molecule has 220 valence electrons. The molecule has 1 fully saturated rings. The number of aromatic nitrogens is 1. The maximum atomic E-state index is 13.2. The van der Waals surface area contributed by atoms with Crippen LogP contribution < -0.4 is 15.4 Å². The van der Waals surface area contributed by atoms with Crippen LogP contribution in [0, 0.1) is 11.2 Å². The Morgan fingerprint density at radius 1 is 1.12 bits per heavy atom. The Balaban J connectivity index is 1.71. The predicted octanol–water partition coefficient (Wildman–Crippen LogP) is 7.31. The van der Waals surface area contributed by atoms with Crippen LogP contribution in [0.3, 0.4) is 0 Å². The minimum atomic E-state index is -1.34. The largest absolute Gasteiger partial charge is 0.493 e. The van der Waals surface area contributed by atoms with Gasteiger partial charge in [-0.25, -0.2) is 14.2 Å². The molecule has 0 amide bonds. The molecule has 2 aromatic carbocycles. The predicted molar refractivity (Wildman–Crippen MR) is 161 cm³/mol. The van der Waals surface area contributed by atoms with Gasteiger partial charge in [0.25, 0.3) is 0 Å². The van der Waals surface area contributed by atoms with Crippen LogP contribution in [-0.4, -0.2) is 41.4 Å². The van der Waals surface area contributed by atoms with E-state index < -0.39 is 17.7 Å². The smallest absolute Gasteiger partial charge is 0.337 e. The van der Waals surface area contributed by atoms with Crippen molar-refractivity contribution in [3.8, 4) is 16.9 Å². The molecule has 3 aromatic rings. The summed E-state index contributed by atoms with van der Waals surface area (Å²) in [6.45, 7) is 11.7. The Hall–Kier alpha value is -3.36. The van der Waals surface area contributed by atoms with Gasteiger partial charge in [0, 0.05) is 25.1 Å². The second-order valence-electron chi connectivity index (χ2n) is 12.3. The van der Waals surface area contributed by atoms with Crippen LogP contribution >= 0.6 is 11.6 Å². The number of piperidine rings is 1. The number of benzene rings is 2. The number of ether oxygens (including phenoxy) is 2. The highest BCUT2D eigenvalue weighted by Crippen LogP contribution is 2.47. The molecule has 0 unspecified atom stereocenters. The zero-order valence-electron chi connectivity index (χ0n) is 24.3. The van der Waals surface area contributed by atoms with Crippen molar-refractivity contribution in [2.24, 2.45) is 5.41 Å². The van der Waals surface area contributed by atoms with Crippen molar-refractivity contribution in [1.82, 2.24) is 4.98 Å². The Bertz CT molecular complexity index is 1360. The van der Waals surface area contributed by atoms with Gasteiger partial charge in [0.15, 0.2) is 6.10 Å². The second kappa shape index (κ2) is 12.2. The van der Waals surface area contributed by atoms with Crippen molar-refractivity contribution >= 4 is 29.1 Å². The number of anilines is 2. The number of pyridine rings is 1. The van der Waals surface area contributed by atoms with Crippen LogP contribution in [0.25, 0.3) is 11.1 Å². The Morgan fingerprint density at radius 2 is 1.73 bits per heavy atom.